The average Bonchev–Trinajstić information content (AvgIpc) is 2.49. The lowest BCUT2D eigenvalue weighted by molar-refractivity contribution is 0.1000. The van der Waals surface area contributed by atoms with Crippen LogP contribution in [0.25, 0.3) is 0 Å². The van der Waals surface area contributed by atoms with Gasteiger partial charge in [0, 0.05) is 23.2 Å². The van der Waals surface area contributed by atoms with E-state index in [1.165, 1.54) is 12.3 Å². The molecule has 6 N–H and O–H groups in total. The Morgan fingerprint density at radius 2 is 1.80 bits per heavy atom. The molecule has 2 rings (SSSR count). The van der Waals surface area contributed by atoms with E-state index in [1.807, 2.05) is 0 Å². The Hall–Kier alpha value is -2.22. The van der Waals surface area contributed by atoms with Gasteiger partial charge in [-0.25, -0.2) is 9.78 Å². The summed E-state index contributed by atoms with van der Waals surface area (Å²) in [6.45, 7) is 1.73. The van der Waals surface area contributed by atoms with E-state index in [1.54, 1.807) is 13.0 Å². The number of amides is 2. The number of hydrogen-bond acceptors (Lipinski definition) is 5. The number of ether oxygens (including phenoxy) is 1. The van der Waals surface area contributed by atoms with Crippen molar-refractivity contribution in [3.8, 4) is 5.75 Å². The third kappa shape index (κ3) is 4.45. The fourth-order valence-corrected chi connectivity index (χ4v) is 2.68. The first-order valence-corrected chi connectivity index (χ1v) is 7.45. The Morgan fingerprint density at radius 1 is 1.16 bits per heavy atom. The summed E-state index contributed by atoms with van der Waals surface area (Å²) in [5.74, 6) is -0.611. The van der Waals surface area contributed by atoms with Crippen molar-refractivity contribution >= 4 is 53.4 Å². The average molecular weight is 406 g/mol. The van der Waals surface area contributed by atoms with Gasteiger partial charge in [-0.05, 0) is 30.2 Å². The molecule has 0 aliphatic carbocycles. The first kappa shape index (κ1) is 20.8. The van der Waals surface area contributed by atoms with Crippen LogP contribution in [0.15, 0.2) is 18.3 Å². The van der Waals surface area contributed by atoms with E-state index in [9.17, 15) is 9.59 Å². The van der Waals surface area contributed by atoms with Gasteiger partial charge in [0.05, 0.1) is 10.6 Å². The number of halogens is 3. The number of pyridine rings is 1. The fraction of sp³-hybridized carbons (Fsp3) is 0.133. The van der Waals surface area contributed by atoms with Gasteiger partial charge in [0.25, 0.3) is 5.91 Å². The summed E-state index contributed by atoms with van der Waals surface area (Å²) in [6, 6.07) is 3.06. The Kier molecular flexibility index (Phi) is 6.87. The minimum absolute atomic E-state index is 0. The van der Waals surface area contributed by atoms with Gasteiger partial charge in [-0.2, -0.15) is 0 Å². The second-order valence-electron chi connectivity index (χ2n) is 4.96. The molecule has 0 unspecified atom stereocenters. The van der Waals surface area contributed by atoms with Gasteiger partial charge in [0.1, 0.15) is 11.6 Å². The molecule has 2 aromatic rings. The van der Waals surface area contributed by atoms with Gasteiger partial charge in [-0.1, -0.05) is 23.2 Å². The predicted octanol–water partition coefficient (Wildman–Crippen LogP) is 2.85. The summed E-state index contributed by atoms with van der Waals surface area (Å²) >= 11 is 12.3. The standard InChI is InChI=1S/C15H14Cl2N4O3.ClH/c1-6-7(11(24-15(20)23)3-2-9(6)16)4-8-10(17)5-21-13(18)12(8)14(19)22;/h2-3,5H,4H2,1H3,(H2,18,21)(H2,19,22)(H2,20,23);1H. The van der Waals surface area contributed by atoms with Crippen molar-refractivity contribution in [2.24, 2.45) is 11.5 Å². The van der Waals surface area contributed by atoms with Crippen molar-refractivity contribution in [3.63, 3.8) is 0 Å². The molecule has 2 amide bonds. The van der Waals surface area contributed by atoms with Crippen LogP contribution in [0.5, 0.6) is 5.75 Å². The Bertz CT molecular complexity index is 843. The smallest absolute Gasteiger partial charge is 0.409 e. The molecule has 7 nitrogen and oxygen atoms in total. The highest BCUT2D eigenvalue weighted by Gasteiger charge is 2.21. The van der Waals surface area contributed by atoms with Gasteiger partial charge in [-0.3, -0.25) is 4.79 Å². The molecule has 134 valence electrons. The van der Waals surface area contributed by atoms with Crippen LogP contribution in [0.4, 0.5) is 10.6 Å². The molecular formula is C15H15Cl3N4O3. The van der Waals surface area contributed by atoms with Gasteiger partial charge in [0.2, 0.25) is 0 Å². The second kappa shape index (κ2) is 8.24. The van der Waals surface area contributed by atoms with Crippen LogP contribution < -0.4 is 21.9 Å². The number of rotatable bonds is 4. The van der Waals surface area contributed by atoms with Gasteiger partial charge in [0.15, 0.2) is 0 Å². The van der Waals surface area contributed by atoms with E-state index in [2.05, 4.69) is 4.98 Å². The van der Waals surface area contributed by atoms with Crippen LogP contribution in [0, 0.1) is 6.92 Å². The number of aromatic nitrogens is 1. The zero-order valence-electron chi connectivity index (χ0n) is 13.0. The summed E-state index contributed by atoms with van der Waals surface area (Å²) in [6.07, 6.45) is 0.430. The van der Waals surface area contributed by atoms with Crippen LogP contribution in [-0.2, 0) is 6.42 Å². The number of nitrogens with two attached hydrogens (primary N) is 3. The van der Waals surface area contributed by atoms with E-state index in [0.29, 0.717) is 21.7 Å². The van der Waals surface area contributed by atoms with Crippen molar-refractivity contribution < 1.29 is 14.3 Å². The van der Waals surface area contributed by atoms with Crippen LogP contribution in [-0.4, -0.2) is 17.0 Å². The fourth-order valence-electron chi connectivity index (χ4n) is 2.29. The summed E-state index contributed by atoms with van der Waals surface area (Å²) in [5.41, 5.74) is 17.7. The Balaban J connectivity index is 0.00000312. The molecule has 0 saturated carbocycles. The molecule has 0 bridgehead atoms. The molecule has 0 spiro atoms. The highest BCUT2D eigenvalue weighted by molar-refractivity contribution is 6.32. The van der Waals surface area contributed by atoms with Crippen LogP contribution in [0.3, 0.4) is 0 Å². The highest BCUT2D eigenvalue weighted by atomic mass is 35.5. The molecule has 0 aliphatic rings. The number of carbonyl (C=O) groups is 2. The molecule has 1 aromatic carbocycles. The zero-order chi connectivity index (χ0) is 18.0. The number of carbonyl (C=O) groups excluding carboxylic acids is 2. The van der Waals surface area contributed by atoms with Crippen LogP contribution >= 0.6 is 35.6 Å². The molecule has 0 atom stereocenters. The minimum Gasteiger partial charge on any atom is -0.410 e. The quantitative estimate of drug-likeness (QED) is 0.719. The number of anilines is 1. The van der Waals surface area contributed by atoms with Crippen molar-refractivity contribution in [2.75, 3.05) is 5.73 Å². The van der Waals surface area contributed by atoms with E-state index >= 15 is 0 Å². The van der Waals surface area contributed by atoms with Crippen LogP contribution in [0.2, 0.25) is 10.0 Å². The highest BCUT2D eigenvalue weighted by Crippen LogP contribution is 2.34. The first-order valence-electron chi connectivity index (χ1n) is 6.70. The van der Waals surface area contributed by atoms with Gasteiger partial charge >= 0.3 is 6.09 Å². The second-order valence-corrected chi connectivity index (χ2v) is 5.77. The molecule has 0 radical (unpaired) electrons. The summed E-state index contributed by atoms with van der Waals surface area (Å²) in [5, 5.41) is 0.642. The number of benzene rings is 1. The van der Waals surface area contributed by atoms with Crippen LogP contribution in [0.1, 0.15) is 27.0 Å². The number of nitrogen functional groups attached to an aromatic ring is 1. The molecule has 0 fully saturated rings. The number of hydrogen-bond donors (Lipinski definition) is 3. The van der Waals surface area contributed by atoms with Crippen molar-refractivity contribution in [2.45, 2.75) is 13.3 Å². The lowest BCUT2D eigenvalue weighted by atomic mass is 9.96. The number of nitrogens with zero attached hydrogens (tertiary/aromatic N) is 1. The van der Waals surface area contributed by atoms with Gasteiger partial charge < -0.3 is 21.9 Å². The third-order valence-electron chi connectivity index (χ3n) is 3.46. The molecule has 1 aromatic heterocycles. The Morgan fingerprint density at radius 3 is 2.36 bits per heavy atom. The van der Waals surface area contributed by atoms with E-state index < -0.39 is 12.0 Å². The van der Waals surface area contributed by atoms with Crippen molar-refractivity contribution in [3.05, 3.63) is 50.6 Å². The summed E-state index contributed by atoms with van der Waals surface area (Å²) in [4.78, 5) is 26.6. The molecule has 0 aliphatic heterocycles. The van der Waals surface area contributed by atoms with Gasteiger partial charge in [-0.15, -0.1) is 12.4 Å². The summed E-state index contributed by atoms with van der Waals surface area (Å²) in [7, 11) is 0. The van der Waals surface area contributed by atoms with Crippen molar-refractivity contribution in [1.29, 1.82) is 0 Å². The van der Waals surface area contributed by atoms with Crippen molar-refractivity contribution in [1.82, 2.24) is 4.98 Å². The van der Waals surface area contributed by atoms with E-state index in [4.69, 9.17) is 45.1 Å². The largest absolute Gasteiger partial charge is 0.410 e. The van der Waals surface area contributed by atoms with E-state index in [0.717, 1.165) is 0 Å². The molecule has 0 saturated heterocycles. The molecule has 10 heteroatoms. The maximum absolute atomic E-state index is 11.7. The zero-order valence-corrected chi connectivity index (χ0v) is 15.3. The molecule has 1 heterocycles. The maximum Gasteiger partial charge on any atom is 0.409 e. The topological polar surface area (TPSA) is 134 Å². The first-order chi connectivity index (χ1) is 11.2. The maximum atomic E-state index is 11.7. The lowest BCUT2D eigenvalue weighted by Crippen LogP contribution is -2.19. The molecular weight excluding hydrogens is 391 g/mol. The normalized spacial score (nSPS) is 10.0. The van der Waals surface area contributed by atoms with E-state index in [-0.39, 0.29) is 41.0 Å². The monoisotopic (exact) mass is 404 g/mol. The SMILES string of the molecule is Cc1c(Cl)ccc(OC(N)=O)c1Cc1c(Cl)cnc(N)c1C(N)=O.Cl. The minimum atomic E-state index is -0.978. The lowest BCUT2D eigenvalue weighted by Gasteiger charge is -2.16. The number of primary amides is 2. The Labute approximate surface area is 159 Å². The summed E-state index contributed by atoms with van der Waals surface area (Å²) < 4.78 is 5.00. The predicted molar refractivity (Wildman–Crippen MR) is 98.6 cm³/mol. The third-order valence-corrected chi connectivity index (χ3v) is 4.20. The molecule has 25 heavy (non-hydrogen) atoms.